The largest absolute Gasteiger partial charge is 0.380 e. The molecule has 0 radical (unpaired) electrons. The predicted molar refractivity (Wildman–Crippen MR) is 75.6 cm³/mol. The molecule has 106 valence electrons. The van der Waals surface area contributed by atoms with Crippen LogP contribution in [0.4, 0.5) is 0 Å². The monoisotopic (exact) mass is 254 g/mol. The second-order valence-corrected chi connectivity index (χ2v) is 6.25. The normalized spacial score (nSPS) is 38.8. The molecular weight excluding hydrogens is 224 g/mol. The van der Waals surface area contributed by atoms with E-state index < -0.39 is 0 Å². The fourth-order valence-corrected chi connectivity index (χ4v) is 3.97. The van der Waals surface area contributed by atoms with Crippen LogP contribution >= 0.6 is 0 Å². The van der Waals surface area contributed by atoms with Crippen LogP contribution in [0.25, 0.3) is 0 Å². The van der Waals surface area contributed by atoms with E-state index in [0.717, 1.165) is 19.0 Å². The summed E-state index contributed by atoms with van der Waals surface area (Å²) in [7, 11) is 1.85. The number of nitrogens with two attached hydrogens (primary N) is 1. The lowest BCUT2D eigenvalue weighted by Gasteiger charge is -2.50. The predicted octanol–water partition coefficient (Wildman–Crippen LogP) is 2.39. The highest BCUT2D eigenvalue weighted by Crippen LogP contribution is 2.39. The van der Waals surface area contributed by atoms with Crippen LogP contribution in [0.1, 0.15) is 51.9 Å². The molecule has 1 saturated heterocycles. The van der Waals surface area contributed by atoms with E-state index in [4.69, 9.17) is 10.5 Å². The molecule has 3 atom stereocenters. The number of hydrogen-bond acceptors (Lipinski definition) is 3. The zero-order chi connectivity index (χ0) is 13.0. The molecule has 1 aliphatic heterocycles. The minimum atomic E-state index is 0.274. The van der Waals surface area contributed by atoms with Crippen molar-refractivity contribution in [3.8, 4) is 0 Å². The lowest BCUT2D eigenvalue weighted by molar-refractivity contribution is -0.0387. The number of ether oxygens (including phenoxy) is 1. The summed E-state index contributed by atoms with van der Waals surface area (Å²) in [4.78, 5) is 2.66. The Hall–Kier alpha value is -0.120. The smallest absolute Gasteiger partial charge is 0.0698 e. The van der Waals surface area contributed by atoms with Crippen LogP contribution in [-0.2, 0) is 4.74 Å². The lowest BCUT2D eigenvalue weighted by atomic mass is 9.73. The molecule has 0 aromatic heterocycles. The molecule has 2 N–H and O–H groups in total. The second-order valence-electron chi connectivity index (χ2n) is 6.25. The van der Waals surface area contributed by atoms with Crippen molar-refractivity contribution in [1.29, 1.82) is 0 Å². The van der Waals surface area contributed by atoms with Crippen LogP contribution < -0.4 is 5.73 Å². The van der Waals surface area contributed by atoms with Gasteiger partial charge in [-0.25, -0.2) is 0 Å². The van der Waals surface area contributed by atoms with Crippen molar-refractivity contribution in [3.63, 3.8) is 0 Å². The molecule has 1 heterocycles. The summed E-state index contributed by atoms with van der Waals surface area (Å²) in [6.07, 6.45) is 9.55. The maximum absolute atomic E-state index is 6.19. The summed E-state index contributed by atoms with van der Waals surface area (Å²) in [5.41, 5.74) is 6.46. The third-order valence-corrected chi connectivity index (χ3v) is 5.26. The van der Waals surface area contributed by atoms with Crippen LogP contribution in [0.2, 0.25) is 0 Å². The average molecular weight is 254 g/mol. The van der Waals surface area contributed by atoms with Crippen molar-refractivity contribution in [2.24, 2.45) is 11.7 Å². The van der Waals surface area contributed by atoms with Crippen LogP contribution in [0, 0.1) is 5.92 Å². The van der Waals surface area contributed by atoms with Crippen LogP contribution in [0.5, 0.6) is 0 Å². The Morgan fingerprint density at radius 2 is 2.17 bits per heavy atom. The third kappa shape index (κ3) is 2.89. The molecule has 0 aromatic carbocycles. The standard InChI is InChI=1S/C15H30N2O/c1-3-13-6-4-8-15(10-13,12-16)17-9-5-7-14(11-17)18-2/h13-14H,3-12,16H2,1-2H3. The summed E-state index contributed by atoms with van der Waals surface area (Å²) in [6, 6.07) is 0. The van der Waals surface area contributed by atoms with Gasteiger partial charge in [0.2, 0.25) is 0 Å². The minimum Gasteiger partial charge on any atom is -0.380 e. The first kappa shape index (κ1) is 14.3. The van der Waals surface area contributed by atoms with E-state index in [1.165, 1.54) is 51.5 Å². The van der Waals surface area contributed by atoms with E-state index in [-0.39, 0.29) is 5.54 Å². The summed E-state index contributed by atoms with van der Waals surface area (Å²) < 4.78 is 5.57. The molecule has 18 heavy (non-hydrogen) atoms. The van der Waals surface area contributed by atoms with Gasteiger partial charge in [-0.15, -0.1) is 0 Å². The molecule has 2 rings (SSSR count). The molecule has 0 bridgehead atoms. The maximum atomic E-state index is 6.19. The molecule has 0 amide bonds. The number of rotatable bonds is 4. The zero-order valence-electron chi connectivity index (χ0n) is 12.2. The number of hydrogen-bond donors (Lipinski definition) is 1. The average Bonchev–Trinajstić information content (AvgIpc) is 2.47. The van der Waals surface area contributed by atoms with Gasteiger partial charge in [-0.2, -0.15) is 0 Å². The number of methoxy groups -OCH3 is 1. The van der Waals surface area contributed by atoms with E-state index in [1.807, 2.05) is 7.11 Å². The third-order valence-electron chi connectivity index (χ3n) is 5.26. The molecule has 3 heteroatoms. The molecule has 1 aliphatic carbocycles. The Morgan fingerprint density at radius 3 is 2.83 bits per heavy atom. The van der Waals surface area contributed by atoms with Crippen molar-refractivity contribution in [2.45, 2.75) is 63.5 Å². The molecule has 2 aliphatic rings. The molecule has 0 spiro atoms. The first-order chi connectivity index (χ1) is 8.74. The second kappa shape index (κ2) is 6.36. The van der Waals surface area contributed by atoms with Gasteiger partial charge < -0.3 is 10.5 Å². The summed E-state index contributed by atoms with van der Waals surface area (Å²) in [5.74, 6) is 0.880. The van der Waals surface area contributed by atoms with Crippen LogP contribution in [0.3, 0.4) is 0 Å². The van der Waals surface area contributed by atoms with Crippen molar-refractivity contribution in [2.75, 3.05) is 26.7 Å². The molecule has 3 nitrogen and oxygen atoms in total. The van der Waals surface area contributed by atoms with E-state index >= 15 is 0 Å². The van der Waals surface area contributed by atoms with Gasteiger partial charge in [-0.1, -0.05) is 26.2 Å². The van der Waals surface area contributed by atoms with E-state index in [1.54, 1.807) is 0 Å². The topological polar surface area (TPSA) is 38.5 Å². The van der Waals surface area contributed by atoms with Crippen molar-refractivity contribution in [1.82, 2.24) is 4.90 Å². The number of nitrogens with zero attached hydrogens (tertiary/aromatic N) is 1. The quantitative estimate of drug-likeness (QED) is 0.837. The molecule has 3 unspecified atom stereocenters. The highest BCUT2D eigenvalue weighted by molar-refractivity contribution is 4.98. The first-order valence-electron chi connectivity index (χ1n) is 7.72. The molecular formula is C15H30N2O. The van der Waals surface area contributed by atoms with Crippen LogP contribution in [0.15, 0.2) is 0 Å². The first-order valence-corrected chi connectivity index (χ1v) is 7.72. The Balaban J connectivity index is 2.05. The Bertz CT molecular complexity index is 259. The SMILES string of the molecule is CCC1CCCC(CN)(N2CCCC(OC)C2)C1. The van der Waals surface area contributed by atoms with Gasteiger partial charge in [0.05, 0.1) is 6.10 Å². The zero-order valence-corrected chi connectivity index (χ0v) is 12.2. The van der Waals surface area contributed by atoms with E-state index in [0.29, 0.717) is 6.10 Å². The number of likely N-dealkylation sites (tertiary alicyclic amines) is 1. The molecule has 0 aromatic rings. The summed E-state index contributed by atoms with van der Waals surface area (Å²) in [5, 5.41) is 0. The fourth-order valence-electron chi connectivity index (χ4n) is 3.97. The highest BCUT2D eigenvalue weighted by atomic mass is 16.5. The highest BCUT2D eigenvalue weighted by Gasteiger charge is 2.41. The molecule has 2 fully saturated rings. The van der Waals surface area contributed by atoms with Gasteiger partial charge in [0, 0.05) is 25.7 Å². The van der Waals surface area contributed by atoms with Crippen molar-refractivity contribution >= 4 is 0 Å². The lowest BCUT2D eigenvalue weighted by Crippen LogP contribution is -2.59. The van der Waals surface area contributed by atoms with Crippen molar-refractivity contribution < 1.29 is 4.74 Å². The maximum Gasteiger partial charge on any atom is 0.0698 e. The Labute approximate surface area is 112 Å². The van der Waals surface area contributed by atoms with Gasteiger partial charge in [0.25, 0.3) is 0 Å². The fraction of sp³-hybridized carbons (Fsp3) is 1.00. The van der Waals surface area contributed by atoms with Gasteiger partial charge in [0.15, 0.2) is 0 Å². The summed E-state index contributed by atoms with van der Waals surface area (Å²) in [6.45, 7) is 5.45. The van der Waals surface area contributed by atoms with Gasteiger partial charge in [-0.3, -0.25) is 4.90 Å². The summed E-state index contributed by atoms with van der Waals surface area (Å²) >= 11 is 0. The van der Waals surface area contributed by atoms with Gasteiger partial charge >= 0.3 is 0 Å². The minimum absolute atomic E-state index is 0.274. The Kier molecular flexibility index (Phi) is 5.05. The van der Waals surface area contributed by atoms with Crippen LogP contribution in [-0.4, -0.2) is 43.3 Å². The van der Waals surface area contributed by atoms with Gasteiger partial charge in [-0.05, 0) is 38.1 Å². The Morgan fingerprint density at radius 1 is 1.33 bits per heavy atom. The van der Waals surface area contributed by atoms with Gasteiger partial charge in [0.1, 0.15) is 0 Å². The number of piperidine rings is 1. The molecule has 1 saturated carbocycles. The van der Waals surface area contributed by atoms with E-state index in [9.17, 15) is 0 Å². The van der Waals surface area contributed by atoms with E-state index in [2.05, 4.69) is 11.8 Å². The van der Waals surface area contributed by atoms with Crippen molar-refractivity contribution in [3.05, 3.63) is 0 Å².